The first-order valence-corrected chi connectivity index (χ1v) is 9.28. The lowest BCUT2D eigenvalue weighted by Crippen LogP contribution is -2.39. The second-order valence-corrected chi connectivity index (χ2v) is 7.05. The molecule has 0 spiro atoms. The lowest BCUT2D eigenvalue weighted by molar-refractivity contribution is 0.0301. The van der Waals surface area contributed by atoms with Gasteiger partial charge >= 0.3 is 0 Å². The number of aliphatic hydroxyl groups is 1. The molecule has 0 radical (unpaired) electrons. The molecule has 0 aliphatic rings. The molecule has 25 heavy (non-hydrogen) atoms. The Kier molecular flexibility index (Phi) is 13.6. The maximum atomic E-state index is 9.98. The molecule has 2 unspecified atom stereocenters. The summed E-state index contributed by atoms with van der Waals surface area (Å²) in [5, 5.41) is 16.5. The zero-order valence-electron chi connectivity index (χ0n) is 15.5. The first-order valence-electron chi connectivity index (χ1n) is 8.49. The van der Waals surface area contributed by atoms with Crippen LogP contribution in [0.5, 0.6) is 0 Å². The summed E-state index contributed by atoms with van der Waals surface area (Å²) in [4.78, 5) is 4.46. The molecule has 0 amide bonds. The Bertz CT molecular complexity index is 515. The molecular formula is C18H31BrIN3O2. The first kappa shape index (κ1) is 24.6. The number of nitrogens with one attached hydrogen (secondary N) is 2. The summed E-state index contributed by atoms with van der Waals surface area (Å²) in [6.07, 6.45) is -0.599. The molecule has 144 valence electrons. The summed E-state index contributed by atoms with van der Waals surface area (Å²) in [5.41, 5.74) is 1.16. The number of aliphatic imine (C=N–C) groups is 1. The van der Waals surface area contributed by atoms with Crippen molar-refractivity contribution in [2.45, 2.75) is 39.8 Å². The third-order valence-electron chi connectivity index (χ3n) is 3.29. The summed E-state index contributed by atoms with van der Waals surface area (Å²) < 4.78 is 6.51. The molecule has 0 fully saturated rings. The van der Waals surface area contributed by atoms with Crippen molar-refractivity contribution >= 4 is 45.9 Å². The fourth-order valence-corrected chi connectivity index (χ4v) is 2.75. The van der Waals surface area contributed by atoms with Gasteiger partial charge in [-0.3, -0.25) is 4.99 Å². The van der Waals surface area contributed by atoms with Gasteiger partial charge in [-0.05, 0) is 31.4 Å². The maximum Gasteiger partial charge on any atom is 0.191 e. The summed E-state index contributed by atoms with van der Waals surface area (Å²) in [6, 6.07) is 8.19. The third-order valence-corrected chi connectivity index (χ3v) is 4.01. The van der Waals surface area contributed by atoms with Crippen molar-refractivity contribution in [3.63, 3.8) is 0 Å². The highest BCUT2D eigenvalue weighted by Crippen LogP contribution is 2.22. The van der Waals surface area contributed by atoms with E-state index in [9.17, 15) is 5.11 Å². The van der Waals surface area contributed by atoms with Crippen LogP contribution in [0.4, 0.5) is 0 Å². The standard InChI is InChI=1S/C18H30BrN3O2.HI/c1-5-20-18(21-10-15(23)12-24-11-13(2)3)22-14(4)16-8-6-7-9-17(16)19;/h6-9,13-15,23H,5,10-12H2,1-4H3,(H2,20,21,22);1H. The van der Waals surface area contributed by atoms with E-state index in [1.54, 1.807) is 0 Å². The van der Waals surface area contributed by atoms with Crippen LogP contribution in [0.25, 0.3) is 0 Å². The van der Waals surface area contributed by atoms with E-state index in [-0.39, 0.29) is 30.0 Å². The van der Waals surface area contributed by atoms with Crippen LogP contribution in [0.3, 0.4) is 0 Å². The van der Waals surface area contributed by atoms with Crippen molar-refractivity contribution in [3.05, 3.63) is 34.3 Å². The molecule has 5 nitrogen and oxygen atoms in total. The SMILES string of the molecule is CCNC(=NCC(O)COCC(C)C)NC(C)c1ccccc1Br.I. The number of benzene rings is 1. The summed E-state index contributed by atoms with van der Waals surface area (Å²) in [7, 11) is 0. The van der Waals surface area contributed by atoms with Crippen LogP contribution in [0.2, 0.25) is 0 Å². The van der Waals surface area contributed by atoms with Gasteiger partial charge in [-0.2, -0.15) is 0 Å². The van der Waals surface area contributed by atoms with Crippen LogP contribution in [0, 0.1) is 5.92 Å². The molecule has 1 aromatic carbocycles. The fourth-order valence-electron chi connectivity index (χ4n) is 2.12. The van der Waals surface area contributed by atoms with Crippen molar-refractivity contribution in [1.29, 1.82) is 0 Å². The highest BCUT2D eigenvalue weighted by Gasteiger charge is 2.11. The molecule has 0 heterocycles. The van der Waals surface area contributed by atoms with Gasteiger partial charge < -0.3 is 20.5 Å². The molecule has 0 saturated heterocycles. The van der Waals surface area contributed by atoms with Crippen molar-refractivity contribution in [2.24, 2.45) is 10.9 Å². The van der Waals surface area contributed by atoms with E-state index in [1.165, 1.54) is 0 Å². The average Bonchev–Trinajstić information content (AvgIpc) is 2.52. The van der Waals surface area contributed by atoms with Gasteiger partial charge in [-0.25, -0.2) is 0 Å². The number of ether oxygens (including phenoxy) is 1. The van der Waals surface area contributed by atoms with Gasteiger partial charge in [0.1, 0.15) is 0 Å². The summed E-state index contributed by atoms with van der Waals surface area (Å²) in [5.74, 6) is 1.15. The second-order valence-electron chi connectivity index (χ2n) is 6.19. The minimum Gasteiger partial charge on any atom is -0.389 e. The predicted octanol–water partition coefficient (Wildman–Crippen LogP) is 3.72. The van der Waals surface area contributed by atoms with E-state index in [2.05, 4.69) is 58.4 Å². The highest BCUT2D eigenvalue weighted by molar-refractivity contribution is 14.0. The third kappa shape index (κ3) is 10.4. The van der Waals surface area contributed by atoms with Crippen molar-refractivity contribution in [3.8, 4) is 0 Å². The monoisotopic (exact) mass is 527 g/mol. The van der Waals surface area contributed by atoms with Crippen LogP contribution in [-0.4, -0.2) is 43.5 Å². The number of hydrogen-bond acceptors (Lipinski definition) is 3. The molecule has 0 aliphatic heterocycles. The molecule has 1 rings (SSSR count). The van der Waals surface area contributed by atoms with E-state index in [4.69, 9.17) is 4.74 Å². The van der Waals surface area contributed by atoms with Crippen molar-refractivity contribution < 1.29 is 9.84 Å². The predicted molar refractivity (Wildman–Crippen MR) is 119 cm³/mol. The van der Waals surface area contributed by atoms with Crippen molar-refractivity contribution in [2.75, 3.05) is 26.3 Å². The zero-order valence-corrected chi connectivity index (χ0v) is 19.4. The molecule has 1 aromatic rings. The van der Waals surface area contributed by atoms with Gasteiger partial charge in [0.2, 0.25) is 0 Å². The first-order chi connectivity index (χ1) is 11.4. The number of rotatable bonds is 9. The van der Waals surface area contributed by atoms with Crippen LogP contribution >= 0.6 is 39.9 Å². The van der Waals surface area contributed by atoms with Gasteiger partial charge in [0.05, 0.1) is 25.3 Å². The molecule has 7 heteroatoms. The minimum absolute atomic E-state index is 0. The van der Waals surface area contributed by atoms with E-state index in [0.29, 0.717) is 31.6 Å². The molecular weight excluding hydrogens is 497 g/mol. The van der Waals surface area contributed by atoms with E-state index >= 15 is 0 Å². The maximum absolute atomic E-state index is 9.98. The Balaban J connectivity index is 0.00000576. The molecule has 0 bridgehead atoms. The number of guanidine groups is 1. The van der Waals surface area contributed by atoms with E-state index in [0.717, 1.165) is 16.6 Å². The number of aliphatic hydroxyl groups excluding tert-OH is 1. The van der Waals surface area contributed by atoms with Crippen LogP contribution < -0.4 is 10.6 Å². The summed E-state index contributed by atoms with van der Waals surface area (Å²) in [6.45, 7) is 10.3. The number of nitrogens with zero attached hydrogens (tertiary/aromatic N) is 1. The Labute approximate surface area is 177 Å². The topological polar surface area (TPSA) is 65.9 Å². The Hall–Kier alpha value is -0.380. The second kappa shape index (κ2) is 13.8. The minimum atomic E-state index is -0.599. The van der Waals surface area contributed by atoms with Crippen LogP contribution in [-0.2, 0) is 4.74 Å². The van der Waals surface area contributed by atoms with Crippen LogP contribution in [0.1, 0.15) is 39.3 Å². The van der Waals surface area contributed by atoms with E-state index < -0.39 is 6.10 Å². The largest absolute Gasteiger partial charge is 0.389 e. The van der Waals surface area contributed by atoms with Gasteiger partial charge in [-0.1, -0.05) is 48.0 Å². The van der Waals surface area contributed by atoms with Gasteiger partial charge in [0, 0.05) is 17.6 Å². The summed E-state index contributed by atoms with van der Waals surface area (Å²) >= 11 is 3.57. The average molecular weight is 528 g/mol. The Morgan fingerprint density at radius 2 is 1.92 bits per heavy atom. The zero-order chi connectivity index (χ0) is 17.9. The van der Waals surface area contributed by atoms with Gasteiger partial charge in [0.25, 0.3) is 0 Å². The Morgan fingerprint density at radius 1 is 1.24 bits per heavy atom. The van der Waals surface area contributed by atoms with Crippen molar-refractivity contribution in [1.82, 2.24) is 10.6 Å². The lowest BCUT2D eigenvalue weighted by atomic mass is 10.1. The molecule has 0 saturated carbocycles. The van der Waals surface area contributed by atoms with E-state index in [1.807, 2.05) is 25.1 Å². The Morgan fingerprint density at radius 3 is 2.52 bits per heavy atom. The molecule has 2 atom stereocenters. The number of halogens is 2. The molecule has 0 aliphatic carbocycles. The van der Waals surface area contributed by atoms with Crippen LogP contribution in [0.15, 0.2) is 33.7 Å². The fraction of sp³-hybridized carbons (Fsp3) is 0.611. The normalized spacial score (nSPS) is 14.0. The number of hydrogen-bond donors (Lipinski definition) is 3. The van der Waals surface area contributed by atoms with Gasteiger partial charge in [0.15, 0.2) is 5.96 Å². The highest BCUT2D eigenvalue weighted by atomic mass is 127. The quantitative estimate of drug-likeness (QED) is 0.260. The molecule has 0 aromatic heterocycles. The van der Waals surface area contributed by atoms with Gasteiger partial charge in [-0.15, -0.1) is 24.0 Å². The molecule has 3 N–H and O–H groups in total. The smallest absolute Gasteiger partial charge is 0.191 e. The lowest BCUT2D eigenvalue weighted by Gasteiger charge is -2.20.